The van der Waals surface area contributed by atoms with Crippen LogP contribution >= 0.6 is 11.3 Å². The van der Waals surface area contributed by atoms with Crippen molar-refractivity contribution >= 4 is 23.2 Å². The number of rotatable bonds is 6. The molecule has 144 valence electrons. The van der Waals surface area contributed by atoms with Crippen LogP contribution in [0.5, 0.6) is 0 Å². The number of carbonyl (C=O) groups excluding carboxylic acids is 2. The maximum absolute atomic E-state index is 12.7. The molecule has 3 heterocycles. The molecule has 2 aromatic rings. The van der Waals surface area contributed by atoms with Gasteiger partial charge in [0.2, 0.25) is 5.91 Å². The van der Waals surface area contributed by atoms with E-state index in [4.69, 9.17) is 4.98 Å². The number of nitrogens with one attached hydrogen (secondary N) is 1. The van der Waals surface area contributed by atoms with Crippen LogP contribution in [-0.4, -0.2) is 51.1 Å². The van der Waals surface area contributed by atoms with Crippen molar-refractivity contribution in [1.29, 1.82) is 0 Å². The Morgan fingerprint density at radius 3 is 2.93 bits per heavy atom. The maximum Gasteiger partial charge on any atom is 0.272 e. The highest BCUT2D eigenvalue weighted by atomic mass is 32.1. The van der Waals surface area contributed by atoms with Crippen molar-refractivity contribution in [3.05, 3.63) is 34.0 Å². The lowest BCUT2D eigenvalue weighted by Gasteiger charge is -2.31. The van der Waals surface area contributed by atoms with Gasteiger partial charge in [-0.2, -0.15) is 5.10 Å². The lowest BCUT2D eigenvalue weighted by atomic mass is 9.98. The van der Waals surface area contributed by atoms with Gasteiger partial charge >= 0.3 is 0 Å². The lowest BCUT2D eigenvalue weighted by Crippen LogP contribution is -2.39. The highest BCUT2D eigenvalue weighted by Gasteiger charge is 2.30. The number of likely N-dealkylation sites (tertiary alicyclic amines) is 1. The summed E-state index contributed by atoms with van der Waals surface area (Å²) < 4.78 is 1.63. The van der Waals surface area contributed by atoms with E-state index in [1.165, 1.54) is 0 Å². The van der Waals surface area contributed by atoms with Crippen molar-refractivity contribution in [1.82, 2.24) is 25.0 Å². The van der Waals surface area contributed by atoms with Gasteiger partial charge in [-0.3, -0.25) is 14.3 Å². The number of thiazole rings is 1. The molecule has 1 atom stereocenters. The molecule has 2 aromatic heterocycles. The first kappa shape index (κ1) is 18.2. The summed E-state index contributed by atoms with van der Waals surface area (Å²) in [6.07, 6.45) is 6.52. The summed E-state index contributed by atoms with van der Waals surface area (Å²) in [5.41, 5.74) is 1.66. The first-order valence-corrected chi connectivity index (χ1v) is 10.5. The van der Waals surface area contributed by atoms with Gasteiger partial charge in [0, 0.05) is 56.5 Å². The van der Waals surface area contributed by atoms with Gasteiger partial charge in [0.1, 0.15) is 5.69 Å². The molecule has 1 N–H and O–H groups in total. The molecule has 27 heavy (non-hydrogen) atoms. The highest BCUT2D eigenvalue weighted by molar-refractivity contribution is 7.09. The summed E-state index contributed by atoms with van der Waals surface area (Å²) >= 11 is 1.67. The third-order valence-electron chi connectivity index (χ3n) is 5.30. The van der Waals surface area contributed by atoms with E-state index >= 15 is 0 Å². The second-order valence-corrected chi connectivity index (χ2v) is 8.31. The Morgan fingerprint density at radius 2 is 2.19 bits per heavy atom. The fourth-order valence-electron chi connectivity index (χ4n) is 3.54. The predicted octanol–water partition coefficient (Wildman–Crippen LogP) is 1.97. The van der Waals surface area contributed by atoms with E-state index in [0.717, 1.165) is 49.4 Å². The standard InChI is InChI=1S/C19H25N5O2S/c1-23-16(7-9-21-23)19(26)24-10-2-3-14(11-24)18-22-15(12-27-18)6-8-20-17(25)13-4-5-13/h7,9,12-14H,2-6,8,10-11H2,1H3,(H,20,25)/t14-/m1/s1. The van der Waals surface area contributed by atoms with E-state index in [1.54, 1.807) is 35.3 Å². The van der Waals surface area contributed by atoms with Crippen molar-refractivity contribution < 1.29 is 9.59 Å². The van der Waals surface area contributed by atoms with E-state index in [0.29, 0.717) is 18.8 Å². The minimum Gasteiger partial charge on any atom is -0.355 e. The Balaban J connectivity index is 1.33. The molecule has 0 radical (unpaired) electrons. The van der Waals surface area contributed by atoms with Crippen LogP contribution in [0.15, 0.2) is 17.6 Å². The van der Waals surface area contributed by atoms with Gasteiger partial charge in [-0.15, -0.1) is 11.3 Å². The minimum atomic E-state index is 0.0410. The van der Waals surface area contributed by atoms with E-state index in [-0.39, 0.29) is 23.7 Å². The van der Waals surface area contributed by atoms with Crippen LogP contribution in [0.1, 0.15) is 52.8 Å². The Kier molecular flexibility index (Phi) is 5.24. The zero-order valence-corrected chi connectivity index (χ0v) is 16.4. The van der Waals surface area contributed by atoms with Crippen molar-refractivity contribution in [3.63, 3.8) is 0 Å². The largest absolute Gasteiger partial charge is 0.355 e. The molecular weight excluding hydrogens is 362 g/mol. The number of nitrogens with zero attached hydrogens (tertiary/aromatic N) is 4. The van der Waals surface area contributed by atoms with Crippen LogP contribution < -0.4 is 5.32 Å². The maximum atomic E-state index is 12.7. The first-order valence-electron chi connectivity index (χ1n) is 9.61. The molecule has 0 bridgehead atoms. The van der Waals surface area contributed by atoms with Crippen molar-refractivity contribution in [2.24, 2.45) is 13.0 Å². The molecule has 1 aliphatic heterocycles. The van der Waals surface area contributed by atoms with E-state index in [9.17, 15) is 9.59 Å². The molecule has 2 amide bonds. The molecule has 2 fully saturated rings. The van der Waals surface area contributed by atoms with Crippen LogP contribution in [0.2, 0.25) is 0 Å². The Labute approximate surface area is 162 Å². The van der Waals surface area contributed by atoms with Crippen LogP contribution in [0.4, 0.5) is 0 Å². The van der Waals surface area contributed by atoms with Crippen molar-refractivity contribution in [3.8, 4) is 0 Å². The van der Waals surface area contributed by atoms with Crippen molar-refractivity contribution in [2.45, 2.75) is 38.0 Å². The molecule has 8 heteroatoms. The average molecular weight is 388 g/mol. The minimum absolute atomic E-state index is 0.0410. The van der Waals surface area contributed by atoms with E-state index in [1.807, 2.05) is 4.90 Å². The topological polar surface area (TPSA) is 80.1 Å². The molecule has 0 spiro atoms. The molecule has 1 aliphatic carbocycles. The highest BCUT2D eigenvalue weighted by Crippen LogP contribution is 2.30. The second-order valence-electron chi connectivity index (χ2n) is 7.42. The summed E-state index contributed by atoms with van der Waals surface area (Å²) in [6.45, 7) is 2.13. The third kappa shape index (κ3) is 4.21. The van der Waals surface area contributed by atoms with E-state index in [2.05, 4.69) is 15.8 Å². The van der Waals surface area contributed by atoms with Gasteiger partial charge in [0.25, 0.3) is 5.91 Å². The number of aryl methyl sites for hydroxylation is 1. The molecule has 0 aromatic carbocycles. The van der Waals surface area contributed by atoms with Gasteiger partial charge in [-0.05, 0) is 31.7 Å². The number of carbonyl (C=O) groups is 2. The normalized spacial score (nSPS) is 19.9. The van der Waals surface area contributed by atoms with E-state index < -0.39 is 0 Å². The van der Waals surface area contributed by atoms with Gasteiger partial charge in [0.05, 0.1) is 10.7 Å². The molecule has 1 saturated carbocycles. The summed E-state index contributed by atoms with van der Waals surface area (Å²) in [6, 6.07) is 1.77. The Hall–Kier alpha value is -2.22. The molecule has 7 nitrogen and oxygen atoms in total. The summed E-state index contributed by atoms with van der Waals surface area (Å²) in [5, 5.41) is 10.3. The number of hydrogen-bond acceptors (Lipinski definition) is 5. The molecule has 1 saturated heterocycles. The van der Waals surface area contributed by atoms with Crippen LogP contribution in [0.25, 0.3) is 0 Å². The summed E-state index contributed by atoms with van der Waals surface area (Å²) in [4.78, 5) is 31.1. The van der Waals surface area contributed by atoms with Gasteiger partial charge in [0.15, 0.2) is 0 Å². The zero-order valence-electron chi connectivity index (χ0n) is 15.6. The molecule has 0 unspecified atom stereocenters. The monoisotopic (exact) mass is 387 g/mol. The smallest absolute Gasteiger partial charge is 0.272 e. The van der Waals surface area contributed by atoms with Crippen molar-refractivity contribution in [2.75, 3.05) is 19.6 Å². The quantitative estimate of drug-likeness (QED) is 0.822. The SMILES string of the molecule is Cn1nccc1C(=O)N1CCC[C@@H](c2nc(CCNC(=O)C3CC3)cs2)C1. The lowest BCUT2D eigenvalue weighted by molar-refractivity contribution is -0.122. The Bertz CT molecular complexity index is 826. The first-order chi connectivity index (χ1) is 13.1. The number of amides is 2. The second kappa shape index (κ2) is 7.80. The van der Waals surface area contributed by atoms with Gasteiger partial charge in [-0.25, -0.2) is 4.98 Å². The fourth-order valence-corrected chi connectivity index (χ4v) is 4.52. The zero-order chi connectivity index (χ0) is 18.8. The summed E-state index contributed by atoms with van der Waals surface area (Å²) in [7, 11) is 1.80. The van der Waals surface area contributed by atoms with Crippen LogP contribution in [0.3, 0.4) is 0 Å². The van der Waals surface area contributed by atoms with Gasteiger partial charge < -0.3 is 10.2 Å². The molecular formula is C19H25N5O2S. The number of aromatic nitrogens is 3. The number of piperidine rings is 1. The summed E-state index contributed by atoms with van der Waals surface area (Å²) in [5.74, 6) is 0.762. The average Bonchev–Trinajstić information content (AvgIpc) is 3.28. The fraction of sp³-hybridized carbons (Fsp3) is 0.579. The third-order valence-corrected chi connectivity index (χ3v) is 6.35. The predicted molar refractivity (Wildman–Crippen MR) is 103 cm³/mol. The molecule has 2 aliphatic rings. The number of hydrogen-bond donors (Lipinski definition) is 1. The van der Waals surface area contributed by atoms with Gasteiger partial charge in [-0.1, -0.05) is 0 Å². The van der Waals surface area contributed by atoms with Crippen LogP contribution in [-0.2, 0) is 18.3 Å². The molecule has 4 rings (SSSR count). The van der Waals surface area contributed by atoms with Crippen LogP contribution in [0, 0.1) is 5.92 Å². The Morgan fingerprint density at radius 1 is 1.33 bits per heavy atom.